The van der Waals surface area contributed by atoms with Crippen LogP contribution in [0.15, 0.2) is 127 Å². The smallest absolute Gasteiger partial charge is 0.404 e. The maximum atomic E-state index is 10.8. The van der Waals surface area contributed by atoms with Crippen LogP contribution in [-0.2, 0) is 0 Å². The second-order valence-electron chi connectivity index (χ2n) is 8.17. The first-order chi connectivity index (χ1) is 17.1. The molecule has 0 aliphatic rings. The van der Waals surface area contributed by atoms with Crippen molar-refractivity contribution < 1.29 is 9.59 Å². The molecule has 0 unspecified atom stereocenters. The number of hydrogen-bond acceptors (Lipinski definition) is 4. The lowest BCUT2D eigenvalue weighted by Crippen LogP contribution is -2.57. The number of para-hydroxylation sites is 2. The van der Waals surface area contributed by atoms with E-state index in [0.29, 0.717) is 9.69 Å². The minimum absolute atomic E-state index is 0.592. The predicted molar refractivity (Wildman–Crippen MR) is 150 cm³/mol. The summed E-state index contributed by atoms with van der Waals surface area (Å²) in [7, 11) is -3.65. The number of nitrogens with zero attached hydrogens (tertiary/aromatic N) is 1. The molecule has 1 aromatic heterocycles. The molecule has 3 nitrogen and oxygen atoms in total. The van der Waals surface area contributed by atoms with Gasteiger partial charge in [-0.2, -0.15) is 0 Å². The third-order valence-corrected chi connectivity index (χ3v) is 9.78. The standard InChI is InChI=1S/C30H25NO2SSi/c32-35(33,29-14-8-3-9-15-29)30-23-22-28(34-30)21-18-24-16-19-27(20-17-24)31(25-10-4-1-5-11-25)26-12-6-2-7-13-26/h1-23,32-33H/b21-18+. The molecule has 0 saturated carbocycles. The largest absolute Gasteiger partial charge is 0.412 e. The molecule has 35 heavy (non-hydrogen) atoms. The van der Waals surface area contributed by atoms with Crippen LogP contribution in [0.5, 0.6) is 0 Å². The molecule has 0 bridgehead atoms. The molecule has 4 aromatic carbocycles. The van der Waals surface area contributed by atoms with E-state index in [2.05, 4.69) is 59.5 Å². The van der Waals surface area contributed by atoms with Gasteiger partial charge in [-0.05, 0) is 65.4 Å². The van der Waals surface area contributed by atoms with Crippen LogP contribution in [0, 0.1) is 0 Å². The van der Waals surface area contributed by atoms with Crippen LogP contribution in [0.25, 0.3) is 12.2 Å². The molecule has 0 fully saturated rings. The Bertz CT molecular complexity index is 1360. The highest BCUT2D eigenvalue weighted by Crippen LogP contribution is 2.34. The van der Waals surface area contributed by atoms with Gasteiger partial charge >= 0.3 is 8.56 Å². The average molecular weight is 492 g/mol. The van der Waals surface area contributed by atoms with Crippen LogP contribution in [0.4, 0.5) is 17.1 Å². The molecule has 0 aliphatic carbocycles. The number of thiophene rings is 1. The van der Waals surface area contributed by atoms with Crippen molar-refractivity contribution in [3.05, 3.63) is 138 Å². The number of benzene rings is 4. The van der Waals surface area contributed by atoms with Crippen molar-refractivity contribution in [3.63, 3.8) is 0 Å². The van der Waals surface area contributed by atoms with Crippen LogP contribution >= 0.6 is 11.3 Å². The fourth-order valence-electron chi connectivity index (χ4n) is 3.96. The van der Waals surface area contributed by atoms with Crippen LogP contribution < -0.4 is 14.6 Å². The SMILES string of the molecule is O[Si](O)(c1ccccc1)c1ccc(/C=C/c2ccc(N(c3ccccc3)c3ccccc3)cc2)s1. The summed E-state index contributed by atoms with van der Waals surface area (Å²) in [5, 5.41) is 0.592. The summed E-state index contributed by atoms with van der Waals surface area (Å²) >= 11 is 1.42. The summed E-state index contributed by atoms with van der Waals surface area (Å²) in [6.45, 7) is 0. The molecular weight excluding hydrogens is 466 g/mol. The zero-order valence-corrected chi connectivity index (χ0v) is 20.8. The van der Waals surface area contributed by atoms with Crippen molar-refractivity contribution >= 4 is 58.8 Å². The van der Waals surface area contributed by atoms with Gasteiger partial charge in [0.25, 0.3) is 0 Å². The van der Waals surface area contributed by atoms with Gasteiger partial charge in [-0.3, -0.25) is 0 Å². The van der Waals surface area contributed by atoms with E-state index in [0.717, 1.165) is 27.5 Å². The van der Waals surface area contributed by atoms with Crippen LogP contribution in [0.2, 0.25) is 0 Å². The van der Waals surface area contributed by atoms with E-state index in [9.17, 15) is 9.59 Å². The second-order valence-corrected chi connectivity index (χ2v) is 12.1. The molecule has 5 rings (SSSR count). The summed E-state index contributed by atoms with van der Waals surface area (Å²) in [5.41, 5.74) is 4.36. The Kier molecular flexibility index (Phi) is 6.74. The Balaban J connectivity index is 1.36. The van der Waals surface area contributed by atoms with Gasteiger partial charge in [-0.1, -0.05) is 84.9 Å². The lowest BCUT2D eigenvalue weighted by molar-refractivity contribution is 0.402. The van der Waals surface area contributed by atoms with Gasteiger partial charge in [-0.25, -0.2) is 0 Å². The molecule has 2 N–H and O–H groups in total. The normalized spacial score (nSPS) is 11.6. The van der Waals surface area contributed by atoms with Gasteiger partial charge in [0.15, 0.2) is 0 Å². The molecular formula is C30H25NO2SSi. The Labute approximate surface area is 210 Å². The van der Waals surface area contributed by atoms with E-state index in [4.69, 9.17) is 0 Å². The first-order valence-electron chi connectivity index (χ1n) is 11.4. The van der Waals surface area contributed by atoms with Crippen molar-refractivity contribution in [3.8, 4) is 0 Å². The maximum absolute atomic E-state index is 10.8. The van der Waals surface area contributed by atoms with E-state index >= 15 is 0 Å². The molecule has 0 radical (unpaired) electrons. The van der Waals surface area contributed by atoms with Crippen molar-refractivity contribution in [2.45, 2.75) is 0 Å². The summed E-state index contributed by atoms with van der Waals surface area (Å²) in [6, 6.07) is 42.0. The van der Waals surface area contributed by atoms with Gasteiger partial charge in [0, 0.05) is 21.9 Å². The van der Waals surface area contributed by atoms with Crippen molar-refractivity contribution in [1.82, 2.24) is 0 Å². The lowest BCUT2D eigenvalue weighted by atomic mass is 10.1. The first kappa shape index (κ1) is 23.0. The van der Waals surface area contributed by atoms with Gasteiger partial charge in [-0.15, -0.1) is 11.3 Å². The number of anilines is 3. The second kappa shape index (κ2) is 10.3. The minimum Gasteiger partial charge on any atom is -0.404 e. The van der Waals surface area contributed by atoms with Crippen molar-refractivity contribution in [1.29, 1.82) is 0 Å². The summed E-state index contributed by atoms with van der Waals surface area (Å²) in [4.78, 5) is 24.8. The lowest BCUT2D eigenvalue weighted by Gasteiger charge is -2.25. The molecule has 0 spiro atoms. The Morgan fingerprint density at radius 2 is 1.06 bits per heavy atom. The summed E-state index contributed by atoms with van der Waals surface area (Å²) in [6.07, 6.45) is 4.07. The van der Waals surface area contributed by atoms with Crippen LogP contribution in [-0.4, -0.2) is 18.2 Å². The maximum Gasteiger partial charge on any atom is 0.412 e. The molecule has 0 amide bonds. The van der Waals surface area contributed by atoms with Gasteiger partial charge in [0.2, 0.25) is 0 Å². The Hall–Kier alpha value is -3.74. The molecule has 0 atom stereocenters. The third-order valence-electron chi connectivity index (χ3n) is 5.77. The van der Waals surface area contributed by atoms with Gasteiger partial charge in [0.05, 0.1) is 4.50 Å². The molecule has 5 heteroatoms. The Morgan fingerprint density at radius 3 is 1.63 bits per heavy atom. The van der Waals surface area contributed by atoms with Gasteiger partial charge < -0.3 is 14.5 Å². The molecule has 0 saturated heterocycles. The molecule has 5 aromatic rings. The fourth-order valence-corrected chi connectivity index (χ4v) is 7.15. The monoisotopic (exact) mass is 491 g/mol. The Morgan fingerprint density at radius 1 is 0.543 bits per heavy atom. The minimum atomic E-state index is -3.65. The highest BCUT2D eigenvalue weighted by Gasteiger charge is 2.36. The zero-order chi connectivity index (χ0) is 24.1. The van der Waals surface area contributed by atoms with Gasteiger partial charge in [0.1, 0.15) is 0 Å². The molecule has 172 valence electrons. The van der Waals surface area contributed by atoms with E-state index < -0.39 is 8.56 Å². The van der Waals surface area contributed by atoms with E-state index in [1.165, 1.54) is 11.3 Å². The van der Waals surface area contributed by atoms with E-state index in [1.807, 2.05) is 72.8 Å². The fraction of sp³-hybridized carbons (Fsp3) is 0. The number of hydrogen-bond donors (Lipinski definition) is 2. The quantitative estimate of drug-likeness (QED) is 0.277. The molecule has 1 heterocycles. The zero-order valence-electron chi connectivity index (χ0n) is 19.0. The third kappa shape index (κ3) is 5.19. The van der Waals surface area contributed by atoms with Crippen molar-refractivity contribution in [2.75, 3.05) is 4.90 Å². The predicted octanol–water partition coefficient (Wildman–Crippen LogP) is 5.93. The number of rotatable bonds is 7. The highest BCUT2D eigenvalue weighted by molar-refractivity contribution is 7.27. The average Bonchev–Trinajstić information content (AvgIpc) is 3.40. The van der Waals surface area contributed by atoms with Crippen LogP contribution in [0.3, 0.4) is 0 Å². The summed E-state index contributed by atoms with van der Waals surface area (Å²) in [5.74, 6) is 0. The van der Waals surface area contributed by atoms with Crippen LogP contribution in [0.1, 0.15) is 10.4 Å². The van der Waals surface area contributed by atoms with E-state index in [1.54, 1.807) is 12.1 Å². The highest BCUT2D eigenvalue weighted by atomic mass is 32.1. The van der Waals surface area contributed by atoms with E-state index in [-0.39, 0.29) is 0 Å². The molecule has 0 aliphatic heterocycles. The summed E-state index contributed by atoms with van der Waals surface area (Å²) < 4.78 is 0.625. The first-order valence-corrected chi connectivity index (χ1v) is 14.1. The van der Waals surface area contributed by atoms with Crippen molar-refractivity contribution in [2.24, 2.45) is 0 Å². The topological polar surface area (TPSA) is 43.7 Å².